The largest absolute Gasteiger partial charge is 0.496 e. The number of amides is 1. The second kappa shape index (κ2) is 6.00. The van der Waals surface area contributed by atoms with Gasteiger partial charge >= 0.3 is 0 Å². The lowest BCUT2D eigenvalue weighted by atomic mass is 10.0. The minimum absolute atomic E-state index is 0.0304. The number of carbonyl (C=O) groups is 1. The summed E-state index contributed by atoms with van der Waals surface area (Å²) in [6, 6.07) is 8.39. The van der Waals surface area contributed by atoms with Crippen LogP contribution >= 0.6 is 0 Å². The Morgan fingerprint density at radius 1 is 1.30 bits per heavy atom. The number of ether oxygens (including phenoxy) is 1. The standard InChI is InChI=1S/C16H16N2O4S/c1-22-15-6-2-5-12-13(15)7-8-14(12)16(19)18-23(20,21)11-4-3-9-17-10-11/h2-6,9-10,14H,7-8H2,1H3,(H,18,19). The number of rotatable bonds is 4. The van der Waals surface area contributed by atoms with Gasteiger partial charge in [0.15, 0.2) is 0 Å². The summed E-state index contributed by atoms with van der Waals surface area (Å²) in [5, 5.41) is 0. The highest BCUT2D eigenvalue weighted by atomic mass is 32.2. The first-order valence-electron chi connectivity index (χ1n) is 7.15. The average Bonchev–Trinajstić information content (AvgIpc) is 2.99. The van der Waals surface area contributed by atoms with Gasteiger partial charge < -0.3 is 4.74 Å². The number of methoxy groups -OCH3 is 1. The number of fused-ring (bicyclic) bond motifs is 1. The molecular weight excluding hydrogens is 316 g/mol. The Hall–Kier alpha value is -2.41. The maximum atomic E-state index is 12.4. The van der Waals surface area contributed by atoms with Crippen molar-refractivity contribution in [3.05, 3.63) is 53.9 Å². The average molecular weight is 332 g/mol. The van der Waals surface area contributed by atoms with E-state index in [9.17, 15) is 13.2 Å². The molecule has 0 spiro atoms. The number of benzene rings is 1. The molecule has 1 aliphatic carbocycles. The number of sulfonamides is 1. The van der Waals surface area contributed by atoms with Crippen LogP contribution in [0.3, 0.4) is 0 Å². The molecule has 120 valence electrons. The molecule has 0 radical (unpaired) electrons. The first kappa shape index (κ1) is 15.5. The van der Waals surface area contributed by atoms with Gasteiger partial charge in [-0.25, -0.2) is 13.1 Å². The second-order valence-corrected chi connectivity index (χ2v) is 6.96. The molecule has 1 heterocycles. The van der Waals surface area contributed by atoms with Crippen molar-refractivity contribution in [2.45, 2.75) is 23.7 Å². The van der Waals surface area contributed by atoms with E-state index in [4.69, 9.17) is 4.74 Å². The summed E-state index contributed by atoms with van der Waals surface area (Å²) in [6.45, 7) is 0. The van der Waals surface area contributed by atoms with Gasteiger partial charge in [-0.2, -0.15) is 0 Å². The number of pyridine rings is 1. The Morgan fingerprint density at radius 3 is 2.83 bits per heavy atom. The number of hydrogen-bond donors (Lipinski definition) is 1. The maximum absolute atomic E-state index is 12.4. The van der Waals surface area contributed by atoms with Crippen molar-refractivity contribution in [3.63, 3.8) is 0 Å². The van der Waals surface area contributed by atoms with Crippen LogP contribution < -0.4 is 9.46 Å². The van der Waals surface area contributed by atoms with E-state index in [2.05, 4.69) is 9.71 Å². The third-order valence-electron chi connectivity index (χ3n) is 3.94. The Kier molecular flexibility index (Phi) is 4.04. The summed E-state index contributed by atoms with van der Waals surface area (Å²) < 4.78 is 31.9. The van der Waals surface area contributed by atoms with Crippen LogP contribution in [0.15, 0.2) is 47.6 Å². The molecule has 7 heteroatoms. The zero-order valence-electron chi connectivity index (χ0n) is 12.5. The van der Waals surface area contributed by atoms with Gasteiger partial charge in [-0.05, 0) is 42.2 Å². The van der Waals surface area contributed by atoms with E-state index < -0.39 is 21.8 Å². The summed E-state index contributed by atoms with van der Waals surface area (Å²) in [6.07, 6.45) is 3.93. The Labute approximate surface area is 134 Å². The smallest absolute Gasteiger partial charge is 0.265 e. The van der Waals surface area contributed by atoms with Gasteiger partial charge in [0.05, 0.1) is 13.0 Å². The Bertz CT molecular complexity index is 834. The van der Waals surface area contributed by atoms with E-state index in [1.54, 1.807) is 13.2 Å². The van der Waals surface area contributed by atoms with E-state index in [1.165, 1.54) is 24.5 Å². The van der Waals surface area contributed by atoms with Crippen molar-refractivity contribution in [1.82, 2.24) is 9.71 Å². The lowest BCUT2D eigenvalue weighted by Crippen LogP contribution is -2.34. The molecule has 0 bridgehead atoms. The first-order chi connectivity index (χ1) is 11.0. The van der Waals surface area contributed by atoms with E-state index in [0.29, 0.717) is 12.8 Å². The molecule has 1 aliphatic rings. The van der Waals surface area contributed by atoms with Crippen molar-refractivity contribution in [1.29, 1.82) is 0 Å². The summed E-state index contributed by atoms with van der Waals surface area (Å²) in [5.41, 5.74) is 1.79. The normalized spacial score (nSPS) is 16.7. The lowest BCUT2D eigenvalue weighted by Gasteiger charge is -2.13. The number of hydrogen-bond acceptors (Lipinski definition) is 5. The number of aromatic nitrogens is 1. The van der Waals surface area contributed by atoms with Gasteiger partial charge in [0.1, 0.15) is 10.6 Å². The molecule has 1 atom stereocenters. The predicted molar refractivity (Wildman–Crippen MR) is 83.6 cm³/mol. The van der Waals surface area contributed by atoms with Crippen LogP contribution in [0.2, 0.25) is 0 Å². The molecule has 0 fully saturated rings. The molecule has 0 saturated heterocycles. The fourth-order valence-electron chi connectivity index (χ4n) is 2.85. The third kappa shape index (κ3) is 2.92. The molecule has 23 heavy (non-hydrogen) atoms. The van der Waals surface area contributed by atoms with Crippen LogP contribution in [0.5, 0.6) is 5.75 Å². The fraction of sp³-hybridized carbons (Fsp3) is 0.250. The number of nitrogens with one attached hydrogen (secondary N) is 1. The molecule has 2 aromatic rings. The maximum Gasteiger partial charge on any atom is 0.265 e. The zero-order chi connectivity index (χ0) is 16.4. The molecule has 1 N–H and O–H groups in total. The SMILES string of the molecule is COc1cccc2c1CCC2C(=O)NS(=O)(=O)c1cccnc1. The summed E-state index contributed by atoms with van der Waals surface area (Å²) in [4.78, 5) is 16.2. The molecule has 1 amide bonds. The zero-order valence-corrected chi connectivity index (χ0v) is 13.3. The van der Waals surface area contributed by atoms with Crippen molar-refractivity contribution in [2.24, 2.45) is 0 Å². The molecule has 3 rings (SSSR count). The third-order valence-corrected chi connectivity index (χ3v) is 5.28. The van der Waals surface area contributed by atoms with Crippen molar-refractivity contribution < 1.29 is 17.9 Å². The second-order valence-electron chi connectivity index (χ2n) is 5.28. The Morgan fingerprint density at radius 2 is 2.13 bits per heavy atom. The minimum atomic E-state index is -3.91. The van der Waals surface area contributed by atoms with Crippen LogP contribution in [0, 0.1) is 0 Å². The highest BCUT2D eigenvalue weighted by molar-refractivity contribution is 7.90. The lowest BCUT2D eigenvalue weighted by molar-refractivity contribution is -0.120. The molecule has 1 aromatic heterocycles. The van der Waals surface area contributed by atoms with E-state index in [1.807, 2.05) is 12.1 Å². The first-order valence-corrected chi connectivity index (χ1v) is 8.63. The molecule has 6 nitrogen and oxygen atoms in total. The fourth-order valence-corrected chi connectivity index (χ4v) is 3.84. The van der Waals surface area contributed by atoms with Crippen LogP contribution in [0.4, 0.5) is 0 Å². The minimum Gasteiger partial charge on any atom is -0.496 e. The van der Waals surface area contributed by atoms with Crippen LogP contribution in [0.25, 0.3) is 0 Å². The summed E-state index contributed by atoms with van der Waals surface area (Å²) >= 11 is 0. The van der Waals surface area contributed by atoms with Gasteiger partial charge in [0.25, 0.3) is 10.0 Å². The highest BCUT2D eigenvalue weighted by Gasteiger charge is 2.32. The van der Waals surface area contributed by atoms with Crippen LogP contribution in [-0.4, -0.2) is 26.4 Å². The summed E-state index contributed by atoms with van der Waals surface area (Å²) in [7, 11) is -2.33. The summed E-state index contributed by atoms with van der Waals surface area (Å²) in [5.74, 6) is -0.291. The predicted octanol–water partition coefficient (Wildman–Crippen LogP) is 1.63. The van der Waals surface area contributed by atoms with Crippen molar-refractivity contribution >= 4 is 15.9 Å². The molecule has 1 aromatic carbocycles. The van der Waals surface area contributed by atoms with E-state index in [-0.39, 0.29) is 4.90 Å². The molecular formula is C16H16N2O4S. The number of carbonyl (C=O) groups excluding carboxylic acids is 1. The van der Waals surface area contributed by atoms with Crippen LogP contribution in [0.1, 0.15) is 23.5 Å². The quantitative estimate of drug-likeness (QED) is 0.920. The van der Waals surface area contributed by atoms with Gasteiger partial charge in [0.2, 0.25) is 5.91 Å². The van der Waals surface area contributed by atoms with E-state index in [0.717, 1.165) is 16.9 Å². The highest BCUT2D eigenvalue weighted by Crippen LogP contribution is 2.38. The van der Waals surface area contributed by atoms with Gasteiger partial charge in [-0.3, -0.25) is 9.78 Å². The van der Waals surface area contributed by atoms with Crippen molar-refractivity contribution in [2.75, 3.05) is 7.11 Å². The topological polar surface area (TPSA) is 85.4 Å². The van der Waals surface area contributed by atoms with Crippen molar-refractivity contribution in [3.8, 4) is 5.75 Å². The van der Waals surface area contributed by atoms with Gasteiger partial charge in [-0.15, -0.1) is 0 Å². The number of nitrogens with zero attached hydrogens (tertiary/aromatic N) is 1. The Balaban J connectivity index is 1.84. The van der Waals surface area contributed by atoms with Crippen LogP contribution in [-0.2, 0) is 21.2 Å². The van der Waals surface area contributed by atoms with Gasteiger partial charge in [-0.1, -0.05) is 12.1 Å². The molecule has 1 unspecified atom stereocenters. The van der Waals surface area contributed by atoms with E-state index >= 15 is 0 Å². The molecule has 0 aliphatic heterocycles. The van der Waals surface area contributed by atoms with Gasteiger partial charge in [0, 0.05) is 12.4 Å². The monoisotopic (exact) mass is 332 g/mol. The molecule has 0 saturated carbocycles.